The second-order valence-corrected chi connectivity index (χ2v) is 5.98. The maximum atomic E-state index is 5.85. The summed E-state index contributed by atoms with van der Waals surface area (Å²) in [6.45, 7) is 1.39. The van der Waals surface area contributed by atoms with Gasteiger partial charge >= 0.3 is 0 Å². The highest BCUT2D eigenvalue weighted by Gasteiger charge is 2.05. The first-order valence-corrected chi connectivity index (χ1v) is 8.39. The third-order valence-electron chi connectivity index (χ3n) is 4.16. The van der Waals surface area contributed by atoms with Gasteiger partial charge in [0.25, 0.3) is 0 Å². The molecule has 0 atom stereocenters. The monoisotopic (exact) mass is 329 g/mol. The van der Waals surface area contributed by atoms with Gasteiger partial charge in [-0.2, -0.15) is 0 Å². The fraction of sp³-hybridized carbons (Fsp3) is 0.143. The van der Waals surface area contributed by atoms with Gasteiger partial charge in [0, 0.05) is 12.4 Å². The minimum atomic E-state index is 0.613. The zero-order valence-electron chi connectivity index (χ0n) is 13.9. The molecule has 2 aliphatic rings. The van der Waals surface area contributed by atoms with Gasteiger partial charge in [-0.25, -0.2) is 9.97 Å². The summed E-state index contributed by atoms with van der Waals surface area (Å²) in [7, 11) is 0. The molecule has 0 aromatic heterocycles. The van der Waals surface area contributed by atoms with Crippen LogP contribution in [0.4, 0.5) is 0 Å². The van der Waals surface area contributed by atoms with E-state index in [-0.39, 0.29) is 0 Å². The molecule has 0 fully saturated rings. The summed E-state index contributed by atoms with van der Waals surface area (Å²) in [6, 6.07) is 20.8. The summed E-state index contributed by atoms with van der Waals surface area (Å²) >= 11 is 0. The Balaban J connectivity index is 1.31. The van der Waals surface area contributed by atoms with E-state index >= 15 is 0 Å². The van der Waals surface area contributed by atoms with Gasteiger partial charge in [-0.15, -0.1) is 0 Å². The quantitative estimate of drug-likeness (QED) is 0.536. The zero-order chi connectivity index (χ0) is 16.9. The fourth-order valence-corrected chi connectivity index (χ4v) is 2.82. The molecule has 2 aliphatic heterocycles. The van der Waals surface area contributed by atoms with Crippen molar-refractivity contribution in [2.75, 3.05) is 6.61 Å². The van der Waals surface area contributed by atoms with E-state index in [1.54, 1.807) is 6.33 Å². The molecule has 4 nitrogen and oxygen atoms in total. The molecule has 0 aliphatic carbocycles. The second-order valence-electron chi connectivity index (χ2n) is 5.98. The van der Waals surface area contributed by atoms with Gasteiger partial charge in [-0.3, -0.25) is 0 Å². The first-order chi connectivity index (χ1) is 12.4. The number of rotatable bonds is 6. The Labute approximate surface area is 147 Å². The van der Waals surface area contributed by atoms with E-state index in [2.05, 4.69) is 50.9 Å². The predicted octanol–water partition coefficient (Wildman–Crippen LogP) is 4.05. The third-order valence-corrected chi connectivity index (χ3v) is 4.16. The van der Waals surface area contributed by atoms with Gasteiger partial charge in [0.05, 0.1) is 12.2 Å². The Bertz CT molecular complexity index is 900. The number of benzene rings is 2. The van der Waals surface area contributed by atoms with Crippen LogP contribution in [0.5, 0.6) is 5.75 Å². The van der Waals surface area contributed by atoms with Crippen molar-refractivity contribution >= 4 is 0 Å². The van der Waals surface area contributed by atoms with E-state index < -0.39 is 0 Å². The average molecular weight is 329 g/mol. The minimum absolute atomic E-state index is 0.613. The lowest BCUT2D eigenvalue weighted by Crippen LogP contribution is -2.08. The molecule has 4 rings (SSSR count). The Kier molecular flexibility index (Phi) is 4.42. The van der Waals surface area contributed by atoms with Gasteiger partial charge in [-0.05, 0) is 35.7 Å². The zero-order valence-corrected chi connectivity index (χ0v) is 13.9. The summed E-state index contributed by atoms with van der Waals surface area (Å²) in [4.78, 5) is 8.39. The lowest BCUT2D eigenvalue weighted by atomic mass is 10.1. The maximum Gasteiger partial charge on any atom is 0.119 e. The third kappa shape index (κ3) is 3.86. The van der Waals surface area contributed by atoms with Crippen LogP contribution in [0.1, 0.15) is 11.1 Å². The SMILES string of the molecule is c1ccc(Cc2ccc(OCCn3ccc4ncnc-4c3)cc2)cc1. The Morgan fingerprint density at radius 2 is 1.56 bits per heavy atom. The molecule has 0 radical (unpaired) electrons. The van der Waals surface area contributed by atoms with E-state index in [1.807, 2.05) is 36.7 Å². The number of imidazole rings is 1. The van der Waals surface area contributed by atoms with Gasteiger partial charge < -0.3 is 9.30 Å². The molecule has 0 saturated heterocycles. The molecule has 4 heteroatoms. The summed E-state index contributed by atoms with van der Waals surface area (Å²) in [5, 5.41) is 0. The van der Waals surface area contributed by atoms with Crippen molar-refractivity contribution in [3.63, 3.8) is 0 Å². The highest BCUT2D eigenvalue weighted by atomic mass is 16.5. The van der Waals surface area contributed by atoms with Crippen molar-refractivity contribution in [3.05, 3.63) is 90.5 Å². The van der Waals surface area contributed by atoms with E-state index in [0.717, 1.165) is 30.1 Å². The molecular formula is C21H19N3O. The molecule has 2 heterocycles. The lowest BCUT2D eigenvalue weighted by Gasteiger charge is -2.10. The maximum absolute atomic E-state index is 5.85. The Morgan fingerprint density at radius 3 is 2.40 bits per heavy atom. The Morgan fingerprint density at radius 1 is 0.800 bits per heavy atom. The van der Waals surface area contributed by atoms with Gasteiger partial charge in [0.1, 0.15) is 24.4 Å². The van der Waals surface area contributed by atoms with Crippen LogP contribution in [0.2, 0.25) is 0 Å². The number of hydrogen-bond donors (Lipinski definition) is 0. The number of hydrogen-bond acceptors (Lipinski definition) is 3. The van der Waals surface area contributed by atoms with Crippen LogP contribution in [-0.4, -0.2) is 21.1 Å². The molecular weight excluding hydrogens is 310 g/mol. The highest BCUT2D eigenvalue weighted by molar-refractivity contribution is 5.53. The van der Waals surface area contributed by atoms with Crippen LogP contribution in [0.15, 0.2) is 79.4 Å². The Hall–Kier alpha value is -3.14. The molecule has 0 spiro atoms. The normalized spacial score (nSPS) is 10.9. The highest BCUT2D eigenvalue weighted by Crippen LogP contribution is 2.17. The first kappa shape index (κ1) is 15.4. The summed E-state index contributed by atoms with van der Waals surface area (Å²) in [5.41, 5.74) is 4.44. The standard InChI is InChI=1S/C21H19N3O/c1-2-4-17(5-3-1)14-18-6-8-19(9-7-18)25-13-12-24-11-10-20-21(15-24)23-16-22-20/h1-11,15-16H,12-14H2. The van der Waals surface area contributed by atoms with Crippen molar-refractivity contribution in [1.82, 2.24) is 14.5 Å². The lowest BCUT2D eigenvalue weighted by molar-refractivity contribution is 0.298. The molecule has 0 amide bonds. The number of nitrogens with zero attached hydrogens (tertiary/aromatic N) is 3. The van der Waals surface area contributed by atoms with E-state index in [1.165, 1.54) is 11.1 Å². The first-order valence-electron chi connectivity index (χ1n) is 8.39. The van der Waals surface area contributed by atoms with E-state index in [0.29, 0.717) is 6.61 Å². The van der Waals surface area contributed by atoms with Crippen molar-refractivity contribution in [1.29, 1.82) is 0 Å². The van der Waals surface area contributed by atoms with Crippen molar-refractivity contribution in [2.24, 2.45) is 0 Å². The summed E-state index contributed by atoms with van der Waals surface area (Å²) in [5.74, 6) is 0.895. The number of fused-ring (bicyclic) bond motifs is 1. The smallest absolute Gasteiger partial charge is 0.119 e. The van der Waals surface area contributed by atoms with Crippen LogP contribution in [0, 0.1) is 0 Å². The molecule has 0 saturated carbocycles. The van der Waals surface area contributed by atoms with Crippen molar-refractivity contribution in [3.8, 4) is 17.1 Å². The van der Waals surface area contributed by atoms with Crippen LogP contribution in [-0.2, 0) is 13.0 Å². The topological polar surface area (TPSA) is 39.9 Å². The van der Waals surface area contributed by atoms with Crippen LogP contribution in [0.3, 0.4) is 0 Å². The minimum Gasteiger partial charge on any atom is -0.492 e. The molecule has 2 aromatic rings. The van der Waals surface area contributed by atoms with E-state index in [4.69, 9.17) is 4.74 Å². The number of ether oxygens (including phenoxy) is 1. The predicted molar refractivity (Wildman–Crippen MR) is 97.8 cm³/mol. The van der Waals surface area contributed by atoms with E-state index in [9.17, 15) is 0 Å². The molecule has 0 N–H and O–H groups in total. The van der Waals surface area contributed by atoms with Crippen molar-refractivity contribution in [2.45, 2.75) is 13.0 Å². The molecule has 0 bridgehead atoms. The van der Waals surface area contributed by atoms with Crippen molar-refractivity contribution < 1.29 is 4.74 Å². The summed E-state index contributed by atoms with van der Waals surface area (Å²) in [6.07, 6.45) is 6.53. The largest absolute Gasteiger partial charge is 0.492 e. The van der Waals surface area contributed by atoms with Gasteiger partial charge in [0.2, 0.25) is 0 Å². The molecule has 2 aromatic carbocycles. The van der Waals surface area contributed by atoms with Crippen LogP contribution >= 0.6 is 0 Å². The second kappa shape index (κ2) is 7.18. The summed E-state index contributed by atoms with van der Waals surface area (Å²) < 4.78 is 7.92. The molecule has 0 unspecified atom stereocenters. The van der Waals surface area contributed by atoms with Crippen LogP contribution < -0.4 is 4.74 Å². The van der Waals surface area contributed by atoms with Crippen LogP contribution in [0.25, 0.3) is 11.4 Å². The number of aromatic nitrogens is 3. The molecule has 25 heavy (non-hydrogen) atoms. The molecule has 124 valence electrons. The fourth-order valence-electron chi connectivity index (χ4n) is 2.82. The number of pyridine rings is 1. The van der Waals surface area contributed by atoms with Gasteiger partial charge in [-0.1, -0.05) is 42.5 Å². The average Bonchev–Trinajstić information content (AvgIpc) is 3.12. The van der Waals surface area contributed by atoms with Gasteiger partial charge in [0.15, 0.2) is 0 Å².